The summed E-state index contributed by atoms with van der Waals surface area (Å²) in [5.41, 5.74) is 3.41. The maximum Gasteiger partial charge on any atom is 0.238 e. The molecule has 148 valence electrons. The minimum Gasteiger partial charge on any atom is -0.454 e. The average molecular weight is 411 g/mol. The topological polar surface area (TPSA) is 65.4 Å². The van der Waals surface area contributed by atoms with Gasteiger partial charge in [-0.05, 0) is 55.8 Å². The minimum atomic E-state index is -0.324. The molecule has 0 spiro atoms. The van der Waals surface area contributed by atoms with Crippen LogP contribution in [0.2, 0.25) is 0 Å². The summed E-state index contributed by atoms with van der Waals surface area (Å²) in [5.74, 6) is 1.61. The minimum absolute atomic E-state index is 0.0947. The van der Waals surface area contributed by atoms with E-state index in [4.69, 9.17) is 9.47 Å². The predicted molar refractivity (Wildman–Crippen MR) is 108 cm³/mol. The quantitative estimate of drug-likeness (QED) is 0.684. The molecule has 2 unspecified atom stereocenters. The van der Waals surface area contributed by atoms with Crippen molar-refractivity contribution in [2.24, 2.45) is 0 Å². The molecule has 0 bridgehead atoms. The van der Waals surface area contributed by atoms with Crippen LogP contribution in [0.1, 0.15) is 29.0 Å². The van der Waals surface area contributed by atoms with Crippen LogP contribution in [0.25, 0.3) is 5.69 Å². The third kappa shape index (κ3) is 3.04. The van der Waals surface area contributed by atoms with Crippen LogP contribution < -0.4 is 14.8 Å². The lowest BCUT2D eigenvalue weighted by molar-refractivity contribution is -0.115. The van der Waals surface area contributed by atoms with Gasteiger partial charge in [-0.2, -0.15) is 5.10 Å². The van der Waals surface area contributed by atoms with Crippen molar-refractivity contribution in [3.05, 3.63) is 65.1 Å². The van der Waals surface area contributed by atoms with E-state index in [-0.39, 0.29) is 29.0 Å². The molecule has 8 heteroatoms. The van der Waals surface area contributed by atoms with Gasteiger partial charge in [-0.1, -0.05) is 6.07 Å². The zero-order valence-electron chi connectivity index (χ0n) is 15.8. The van der Waals surface area contributed by atoms with E-state index in [1.54, 1.807) is 28.6 Å². The number of amides is 1. The van der Waals surface area contributed by atoms with Crippen molar-refractivity contribution in [2.75, 3.05) is 12.1 Å². The summed E-state index contributed by atoms with van der Waals surface area (Å²) < 4.78 is 26.0. The van der Waals surface area contributed by atoms with Crippen LogP contribution in [0.15, 0.2) is 42.5 Å². The predicted octanol–water partition coefficient (Wildman–Crippen LogP) is 4.21. The molecule has 1 amide bonds. The monoisotopic (exact) mass is 411 g/mol. The van der Waals surface area contributed by atoms with Gasteiger partial charge >= 0.3 is 0 Å². The van der Waals surface area contributed by atoms with E-state index < -0.39 is 0 Å². The number of nitrogens with zero attached hydrogens (tertiary/aromatic N) is 2. The summed E-state index contributed by atoms with van der Waals surface area (Å²) >= 11 is 1.56. The molecule has 0 aliphatic carbocycles. The molecule has 5 rings (SSSR count). The maximum absolute atomic E-state index is 13.4. The number of rotatable bonds is 2. The van der Waals surface area contributed by atoms with Crippen LogP contribution in [0.3, 0.4) is 0 Å². The van der Waals surface area contributed by atoms with Gasteiger partial charge in [0.25, 0.3) is 0 Å². The number of carbonyl (C=O) groups excluding carboxylic acids is 1. The summed E-state index contributed by atoms with van der Waals surface area (Å²) in [4.78, 5) is 12.7. The van der Waals surface area contributed by atoms with Crippen LogP contribution in [-0.2, 0) is 4.79 Å². The van der Waals surface area contributed by atoms with E-state index in [1.807, 2.05) is 32.0 Å². The van der Waals surface area contributed by atoms with Crippen LogP contribution in [0, 0.1) is 12.7 Å². The summed E-state index contributed by atoms with van der Waals surface area (Å²) in [7, 11) is 0. The Bertz CT molecular complexity index is 1110. The summed E-state index contributed by atoms with van der Waals surface area (Å²) in [5, 5.41) is 7.28. The maximum atomic E-state index is 13.4. The van der Waals surface area contributed by atoms with Gasteiger partial charge in [0.15, 0.2) is 11.5 Å². The number of carbonyl (C=O) groups is 1. The van der Waals surface area contributed by atoms with Gasteiger partial charge in [-0.25, -0.2) is 9.07 Å². The third-order valence-electron chi connectivity index (χ3n) is 5.09. The highest BCUT2D eigenvalue weighted by molar-refractivity contribution is 8.01. The van der Waals surface area contributed by atoms with E-state index in [0.717, 1.165) is 16.8 Å². The molecular weight excluding hydrogens is 393 g/mol. The molecular formula is C21H18FN3O3S. The smallest absolute Gasteiger partial charge is 0.238 e. The fraction of sp³-hybridized carbons (Fsp3) is 0.238. The molecule has 2 aliphatic heterocycles. The number of aryl methyl sites for hydroxylation is 1. The number of hydrogen-bond donors (Lipinski definition) is 1. The standard InChI is InChI=1S/C21H18FN3O3S/c1-11-18-19(13-3-8-16-17(9-13)28-10-27-16)29-12(2)21(26)23-20(18)25(24-11)15-6-4-14(22)5-7-15/h3-9,12,19H,10H2,1-2H3,(H,23,26). The molecule has 1 aromatic heterocycles. The fourth-order valence-corrected chi connectivity index (χ4v) is 4.93. The van der Waals surface area contributed by atoms with Crippen LogP contribution >= 0.6 is 11.8 Å². The Hall–Kier alpha value is -3.00. The molecule has 1 N–H and O–H groups in total. The van der Waals surface area contributed by atoms with Gasteiger partial charge in [0, 0.05) is 5.56 Å². The number of aromatic nitrogens is 2. The average Bonchev–Trinajstić information content (AvgIpc) is 3.27. The summed E-state index contributed by atoms with van der Waals surface area (Å²) in [6.45, 7) is 4.01. The second-order valence-corrected chi connectivity index (χ2v) is 8.45. The molecule has 29 heavy (non-hydrogen) atoms. The zero-order valence-corrected chi connectivity index (χ0v) is 16.6. The van der Waals surface area contributed by atoms with Crippen molar-refractivity contribution in [1.82, 2.24) is 9.78 Å². The van der Waals surface area contributed by atoms with Crippen molar-refractivity contribution in [1.29, 1.82) is 0 Å². The first-order valence-corrected chi connectivity index (χ1v) is 10.2. The molecule has 3 aromatic rings. The molecule has 2 aromatic carbocycles. The molecule has 0 fully saturated rings. The van der Waals surface area contributed by atoms with Crippen molar-refractivity contribution in [2.45, 2.75) is 24.3 Å². The lowest BCUT2D eigenvalue weighted by atomic mass is 10.0. The normalized spacial score (nSPS) is 20.2. The molecule has 2 aliphatic rings. The van der Waals surface area contributed by atoms with Crippen molar-refractivity contribution in [3.63, 3.8) is 0 Å². The van der Waals surface area contributed by atoms with Crippen molar-refractivity contribution >= 4 is 23.5 Å². The lowest BCUT2D eigenvalue weighted by Crippen LogP contribution is -2.22. The van der Waals surface area contributed by atoms with Crippen molar-refractivity contribution < 1.29 is 18.7 Å². The molecule has 0 saturated heterocycles. The van der Waals surface area contributed by atoms with Gasteiger partial charge in [0.05, 0.1) is 21.9 Å². The molecule has 3 heterocycles. The summed E-state index contributed by atoms with van der Waals surface area (Å²) in [6.07, 6.45) is 0. The van der Waals surface area contributed by atoms with E-state index in [2.05, 4.69) is 10.4 Å². The fourth-order valence-electron chi connectivity index (χ4n) is 3.62. The highest BCUT2D eigenvalue weighted by atomic mass is 32.2. The molecule has 0 saturated carbocycles. The number of thioether (sulfide) groups is 1. The van der Waals surface area contributed by atoms with E-state index in [9.17, 15) is 9.18 Å². The second-order valence-electron chi connectivity index (χ2n) is 7.00. The first-order chi connectivity index (χ1) is 14.0. The molecule has 0 radical (unpaired) electrons. The lowest BCUT2D eigenvalue weighted by Gasteiger charge is -2.17. The first kappa shape index (κ1) is 18.1. The van der Waals surface area contributed by atoms with E-state index >= 15 is 0 Å². The number of anilines is 1. The zero-order chi connectivity index (χ0) is 20.1. The summed E-state index contributed by atoms with van der Waals surface area (Å²) in [6, 6.07) is 11.9. The van der Waals surface area contributed by atoms with Gasteiger partial charge in [0.2, 0.25) is 12.7 Å². The number of hydrogen-bond acceptors (Lipinski definition) is 5. The Labute approximate surface area is 171 Å². The van der Waals surface area contributed by atoms with Crippen LogP contribution in [0.4, 0.5) is 10.2 Å². The SMILES string of the molecule is Cc1nn(-c2ccc(F)cc2)c2c1C(c1ccc3c(c1)OCO3)SC(C)C(=O)N2. The Balaban J connectivity index is 1.67. The largest absolute Gasteiger partial charge is 0.454 e. The van der Waals surface area contributed by atoms with Gasteiger partial charge in [-0.3, -0.25) is 4.79 Å². The van der Waals surface area contributed by atoms with Gasteiger partial charge in [-0.15, -0.1) is 11.8 Å². The number of halogens is 1. The van der Waals surface area contributed by atoms with E-state index in [1.165, 1.54) is 12.1 Å². The number of ether oxygens (including phenoxy) is 2. The molecule has 2 atom stereocenters. The van der Waals surface area contributed by atoms with Crippen molar-refractivity contribution in [3.8, 4) is 17.2 Å². The van der Waals surface area contributed by atoms with Crippen LogP contribution in [-0.4, -0.2) is 27.7 Å². The highest BCUT2D eigenvalue weighted by Gasteiger charge is 2.34. The molecule has 6 nitrogen and oxygen atoms in total. The Morgan fingerprint density at radius 1 is 1.17 bits per heavy atom. The number of fused-ring (bicyclic) bond motifs is 2. The Kier molecular flexibility index (Phi) is 4.24. The number of benzene rings is 2. The Morgan fingerprint density at radius 3 is 2.72 bits per heavy atom. The van der Waals surface area contributed by atoms with Gasteiger partial charge < -0.3 is 14.8 Å². The van der Waals surface area contributed by atoms with Crippen LogP contribution in [0.5, 0.6) is 11.5 Å². The third-order valence-corrected chi connectivity index (χ3v) is 6.49. The van der Waals surface area contributed by atoms with Gasteiger partial charge in [0.1, 0.15) is 11.6 Å². The number of nitrogens with one attached hydrogen (secondary N) is 1. The first-order valence-electron chi connectivity index (χ1n) is 9.22. The Morgan fingerprint density at radius 2 is 1.93 bits per heavy atom. The van der Waals surface area contributed by atoms with E-state index in [0.29, 0.717) is 23.0 Å². The second kappa shape index (κ2) is 6.81. The highest BCUT2D eigenvalue weighted by Crippen LogP contribution is 2.48.